The molecule has 0 radical (unpaired) electrons. The first-order chi connectivity index (χ1) is 13.8. The van der Waals surface area contributed by atoms with Crippen LogP contribution in [0, 0.1) is 13.8 Å². The number of aromatic nitrogens is 1. The number of nitrogens with one attached hydrogen (secondary N) is 2. The summed E-state index contributed by atoms with van der Waals surface area (Å²) in [5.41, 5.74) is 5.85. The van der Waals surface area contributed by atoms with Crippen LogP contribution < -0.4 is 10.7 Å². The number of hydrogen-bond donors (Lipinski definition) is 2. The summed E-state index contributed by atoms with van der Waals surface area (Å²) in [6.45, 7) is 4.88. The first kappa shape index (κ1) is 22.9. The minimum absolute atomic E-state index is 0.288. The van der Waals surface area contributed by atoms with Gasteiger partial charge in [0.2, 0.25) is 11.8 Å². The van der Waals surface area contributed by atoms with Crippen molar-refractivity contribution in [3.8, 4) is 5.69 Å². The van der Waals surface area contributed by atoms with Gasteiger partial charge in [0.25, 0.3) is 0 Å². The number of halogens is 2. The third-order valence-corrected chi connectivity index (χ3v) is 4.72. The number of carbonyl (C=O) groups is 2. The van der Waals surface area contributed by atoms with Crippen molar-refractivity contribution in [1.29, 1.82) is 0 Å². The van der Waals surface area contributed by atoms with Gasteiger partial charge < -0.3 is 14.6 Å². The van der Waals surface area contributed by atoms with Crippen molar-refractivity contribution in [1.82, 2.24) is 15.3 Å². The van der Waals surface area contributed by atoms with E-state index in [2.05, 4.69) is 15.8 Å². The van der Waals surface area contributed by atoms with Crippen molar-refractivity contribution in [3.63, 3.8) is 0 Å². The Kier molecular flexibility index (Phi) is 8.70. The van der Waals surface area contributed by atoms with E-state index >= 15 is 0 Å². The first-order valence-corrected chi connectivity index (χ1v) is 9.81. The molecule has 29 heavy (non-hydrogen) atoms. The highest BCUT2D eigenvalue weighted by molar-refractivity contribution is 6.35. The summed E-state index contributed by atoms with van der Waals surface area (Å²) in [7, 11) is 1.59. The van der Waals surface area contributed by atoms with Crippen LogP contribution in [0.4, 0.5) is 0 Å². The maximum absolute atomic E-state index is 11.8. The zero-order chi connectivity index (χ0) is 21.4. The van der Waals surface area contributed by atoms with Gasteiger partial charge in [0.15, 0.2) is 0 Å². The van der Waals surface area contributed by atoms with E-state index in [1.54, 1.807) is 19.2 Å². The number of rotatable bonds is 9. The zero-order valence-corrected chi connectivity index (χ0v) is 18.1. The molecule has 0 bridgehead atoms. The van der Waals surface area contributed by atoms with Gasteiger partial charge in [0.1, 0.15) is 6.42 Å². The molecule has 0 aliphatic heterocycles. The van der Waals surface area contributed by atoms with Crippen LogP contribution >= 0.6 is 23.2 Å². The summed E-state index contributed by atoms with van der Waals surface area (Å²) in [4.78, 5) is 23.5. The highest BCUT2D eigenvalue weighted by Gasteiger charge is 2.13. The molecule has 2 aromatic rings. The second-order valence-corrected chi connectivity index (χ2v) is 7.27. The Morgan fingerprint density at radius 2 is 1.97 bits per heavy atom. The Hall–Kier alpha value is -2.35. The van der Waals surface area contributed by atoms with E-state index in [4.69, 9.17) is 27.9 Å². The van der Waals surface area contributed by atoms with Gasteiger partial charge in [-0.2, -0.15) is 5.10 Å². The number of ether oxygens (including phenoxy) is 1. The van der Waals surface area contributed by atoms with Crippen molar-refractivity contribution >= 4 is 41.2 Å². The van der Waals surface area contributed by atoms with Gasteiger partial charge in [-0.25, -0.2) is 5.43 Å². The van der Waals surface area contributed by atoms with Gasteiger partial charge in [-0.3, -0.25) is 9.59 Å². The van der Waals surface area contributed by atoms with E-state index in [1.807, 2.05) is 30.5 Å². The van der Waals surface area contributed by atoms with E-state index < -0.39 is 5.91 Å². The lowest BCUT2D eigenvalue weighted by Crippen LogP contribution is -2.30. The molecule has 2 amide bonds. The number of carbonyl (C=O) groups excluding carboxylic acids is 2. The van der Waals surface area contributed by atoms with Crippen LogP contribution in [-0.4, -0.2) is 42.9 Å². The predicted molar refractivity (Wildman–Crippen MR) is 115 cm³/mol. The minimum Gasteiger partial charge on any atom is -0.385 e. The van der Waals surface area contributed by atoms with Gasteiger partial charge in [0.05, 0.1) is 16.9 Å². The fourth-order valence-corrected chi connectivity index (χ4v) is 3.31. The molecule has 7 nitrogen and oxygen atoms in total. The fraction of sp³-hybridized carbons (Fsp3) is 0.350. The SMILES string of the molecule is COCCCNC(=O)CC(=O)N/N=C/c1cc(C)n(-c2ccc(Cl)cc2Cl)c1C. The number of hydrazone groups is 1. The third kappa shape index (κ3) is 6.59. The summed E-state index contributed by atoms with van der Waals surface area (Å²) in [5.74, 6) is -0.843. The highest BCUT2D eigenvalue weighted by atomic mass is 35.5. The van der Waals surface area contributed by atoms with E-state index in [9.17, 15) is 9.59 Å². The van der Waals surface area contributed by atoms with E-state index in [1.165, 1.54) is 6.21 Å². The van der Waals surface area contributed by atoms with Gasteiger partial charge >= 0.3 is 0 Å². The second-order valence-electron chi connectivity index (χ2n) is 6.42. The van der Waals surface area contributed by atoms with Crippen molar-refractivity contribution in [2.75, 3.05) is 20.3 Å². The van der Waals surface area contributed by atoms with E-state index in [0.29, 0.717) is 29.6 Å². The van der Waals surface area contributed by atoms with Crippen molar-refractivity contribution in [2.45, 2.75) is 26.7 Å². The Bertz CT molecular complexity index is 909. The molecule has 1 aromatic heterocycles. The molecule has 0 aliphatic rings. The lowest BCUT2D eigenvalue weighted by atomic mass is 10.2. The molecule has 1 aromatic carbocycles. The molecule has 9 heteroatoms. The number of benzene rings is 1. The van der Waals surface area contributed by atoms with Crippen molar-refractivity contribution < 1.29 is 14.3 Å². The number of methoxy groups -OCH3 is 1. The van der Waals surface area contributed by atoms with Gasteiger partial charge in [-0.05, 0) is 44.5 Å². The molecule has 0 spiro atoms. The average Bonchev–Trinajstić information content (AvgIpc) is 2.93. The summed E-state index contributed by atoms with van der Waals surface area (Å²) in [6, 6.07) is 7.23. The number of hydrogen-bond acceptors (Lipinski definition) is 4. The molecule has 0 fully saturated rings. The molecule has 0 saturated carbocycles. The van der Waals surface area contributed by atoms with Crippen LogP contribution in [0.1, 0.15) is 29.8 Å². The molecular weight excluding hydrogens is 415 g/mol. The molecule has 0 aliphatic carbocycles. The van der Waals surface area contributed by atoms with Crippen molar-refractivity contribution in [3.05, 3.63) is 51.3 Å². The Labute approximate surface area is 180 Å². The third-order valence-electron chi connectivity index (χ3n) is 4.18. The lowest BCUT2D eigenvalue weighted by molar-refractivity contribution is -0.129. The second kappa shape index (κ2) is 11.0. The molecular formula is C20H24Cl2N4O3. The zero-order valence-electron chi connectivity index (χ0n) is 16.6. The number of nitrogens with zero attached hydrogens (tertiary/aromatic N) is 2. The standard InChI is InChI=1S/C20H24Cl2N4O3/c1-13-9-15(14(2)26(13)18-6-5-16(21)10-17(18)22)12-24-25-20(28)11-19(27)23-7-4-8-29-3/h5-6,9-10,12H,4,7-8,11H2,1-3H3,(H,23,27)(H,25,28)/b24-12+. The molecule has 0 atom stereocenters. The Morgan fingerprint density at radius 1 is 1.21 bits per heavy atom. The summed E-state index contributed by atoms with van der Waals surface area (Å²) in [5, 5.41) is 7.70. The minimum atomic E-state index is -0.486. The molecule has 156 valence electrons. The smallest absolute Gasteiger partial charge is 0.249 e. The quantitative estimate of drug-likeness (QED) is 0.272. The summed E-state index contributed by atoms with van der Waals surface area (Å²) < 4.78 is 6.88. The predicted octanol–water partition coefficient (Wildman–Crippen LogP) is 3.39. The van der Waals surface area contributed by atoms with Crippen LogP contribution in [-0.2, 0) is 14.3 Å². The lowest BCUT2D eigenvalue weighted by Gasteiger charge is -2.11. The van der Waals surface area contributed by atoms with Crippen LogP contribution in [0.25, 0.3) is 5.69 Å². The maximum Gasteiger partial charge on any atom is 0.249 e. The summed E-state index contributed by atoms with van der Waals surface area (Å²) in [6.07, 6.45) is 1.94. The highest BCUT2D eigenvalue weighted by Crippen LogP contribution is 2.28. The van der Waals surface area contributed by atoms with E-state index in [0.717, 1.165) is 22.6 Å². The molecule has 1 heterocycles. The Morgan fingerprint density at radius 3 is 2.66 bits per heavy atom. The fourth-order valence-electron chi connectivity index (χ4n) is 2.82. The van der Waals surface area contributed by atoms with Crippen LogP contribution in [0.5, 0.6) is 0 Å². The van der Waals surface area contributed by atoms with Gasteiger partial charge in [-0.1, -0.05) is 23.2 Å². The number of aryl methyl sites for hydroxylation is 1. The molecule has 0 saturated heterocycles. The maximum atomic E-state index is 11.8. The molecule has 0 unspecified atom stereocenters. The molecule has 2 rings (SSSR count). The topological polar surface area (TPSA) is 84.7 Å². The molecule has 2 N–H and O–H groups in total. The van der Waals surface area contributed by atoms with Crippen LogP contribution in [0.15, 0.2) is 29.4 Å². The normalized spacial score (nSPS) is 11.1. The number of amides is 2. The van der Waals surface area contributed by atoms with Gasteiger partial charge in [0, 0.05) is 42.2 Å². The average molecular weight is 439 g/mol. The summed E-state index contributed by atoms with van der Waals surface area (Å²) >= 11 is 12.3. The van der Waals surface area contributed by atoms with Crippen LogP contribution in [0.2, 0.25) is 10.0 Å². The van der Waals surface area contributed by atoms with Crippen molar-refractivity contribution in [2.24, 2.45) is 5.10 Å². The largest absolute Gasteiger partial charge is 0.385 e. The Balaban J connectivity index is 1.98. The monoisotopic (exact) mass is 438 g/mol. The van der Waals surface area contributed by atoms with Crippen LogP contribution in [0.3, 0.4) is 0 Å². The van der Waals surface area contributed by atoms with Gasteiger partial charge in [-0.15, -0.1) is 0 Å². The first-order valence-electron chi connectivity index (χ1n) is 9.05. The van der Waals surface area contributed by atoms with E-state index in [-0.39, 0.29) is 12.3 Å².